The summed E-state index contributed by atoms with van der Waals surface area (Å²) in [4.78, 5) is 13.3. The van der Waals surface area contributed by atoms with Gasteiger partial charge in [-0.05, 0) is 98.2 Å². The second kappa shape index (κ2) is 18.9. The standard InChI is InChI=1S/C45H78O3/c1-8-10-11-12-13-14-15-16-17-18-19-20-21-22-43(47)48-42-32-37(46)31-36-25-26-38-40-28-27-39(34(5)23-24-35(9-2)33(3)4)44(40,6)30-29-41(38)45(36,42)7/h23-25,33-35,37-42,46H,8-22,26-32H2,1-7H3/b24-23+/t34-,35+,37+,38+,39-,40+,41+,42?,44-,45+/m1/s1. The maximum Gasteiger partial charge on any atom is 0.306 e. The van der Waals surface area contributed by atoms with Crippen molar-refractivity contribution in [3.63, 3.8) is 0 Å². The van der Waals surface area contributed by atoms with E-state index in [4.69, 9.17) is 4.74 Å². The highest BCUT2D eigenvalue weighted by Gasteiger charge is 2.61. The lowest BCUT2D eigenvalue weighted by atomic mass is 9.46. The highest BCUT2D eigenvalue weighted by atomic mass is 16.5. The van der Waals surface area contributed by atoms with E-state index in [9.17, 15) is 9.90 Å². The minimum absolute atomic E-state index is 0.0335. The van der Waals surface area contributed by atoms with Gasteiger partial charge in [0.15, 0.2) is 0 Å². The van der Waals surface area contributed by atoms with Crippen LogP contribution in [0.1, 0.15) is 190 Å². The molecule has 0 aliphatic heterocycles. The average Bonchev–Trinajstić information content (AvgIpc) is 3.41. The molecular formula is C45H78O3. The fourth-order valence-electron chi connectivity index (χ4n) is 11.5. The third-order valence-electron chi connectivity index (χ3n) is 14.6. The number of hydrogen-bond donors (Lipinski definition) is 1. The van der Waals surface area contributed by atoms with Gasteiger partial charge >= 0.3 is 5.97 Å². The van der Waals surface area contributed by atoms with E-state index < -0.39 is 6.10 Å². The van der Waals surface area contributed by atoms with Crippen LogP contribution in [0.3, 0.4) is 0 Å². The van der Waals surface area contributed by atoms with E-state index in [1.165, 1.54) is 108 Å². The zero-order chi connectivity index (χ0) is 34.7. The van der Waals surface area contributed by atoms with Gasteiger partial charge in [0.1, 0.15) is 6.10 Å². The van der Waals surface area contributed by atoms with Crippen molar-refractivity contribution in [2.45, 2.75) is 202 Å². The Bertz CT molecular complexity index is 1030. The molecule has 4 aliphatic carbocycles. The van der Waals surface area contributed by atoms with E-state index in [0.29, 0.717) is 47.8 Å². The molecule has 0 spiro atoms. The molecule has 3 fully saturated rings. The van der Waals surface area contributed by atoms with Crippen LogP contribution < -0.4 is 0 Å². The molecule has 0 bridgehead atoms. The lowest BCUT2D eigenvalue weighted by Crippen LogP contribution is -2.56. The summed E-state index contributed by atoms with van der Waals surface area (Å²) < 4.78 is 6.42. The van der Waals surface area contributed by atoms with E-state index in [-0.39, 0.29) is 17.5 Å². The molecule has 3 heteroatoms. The van der Waals surface area contributed by atoms with E-state index in [0.717, 1.165) is 37.5 Å². The van der Waals surface area contributed by atoms with Crippen LogP contribution in [0.5, 0.6) is 0 Å². The second-order valence-corrected chi connectivity index (χ2v) is 18.0. The monoisotopic (exact) mass is 667 g/mol. The van der Waals surface area contributed by atoms with Gasteiger partial charge in [0.05, 0.1) is 6.10 Å². The van der Waals surface area contributed by atoms with Crippen LogP contribution in [0, 0.1) is 52.3 Å². The van der Waals surface area contributed by atoms with Gasteiger partial charge in [-0.1, -0.05) is 149 Å². The molecule has 1 unspecified atom stereocenters. The first-order valence-corrected chi connectivity index (χ1v) is 21.3. The predicted octanol–water partition coefficient (Wildman–Crippen LogP) is 12.8. The Kier molecular flexibility index (Phi) is 15.7. The van der Waals surface area contributed by atoms with Gasteiger partial charge in [-0.3, -0.25) is 4.79 Å². The molecule has 0 heterocycles. The molecular weight excluding hydrogens is 588 g/mol. The van der Waals surface area contributed by atoms with E-state index in [1.54, 1.807) is 0 Å². The van der Waals surface area contributed by atoms with E-state index in [2.05, 4.69) is 66.7 Å². The number of rotatable bonds is 20. The smallest absolute Gasteiger partial charge is 0.306 e. The first-order chi connectivity index (χ1) is 23.1. The zero-order valence-corrected chi connectivity index (χ0v) is 32.7. The topological polar surface area (TPSA) is 46.5 Å². The third kappa shape index (κ3) is 9.61. The van der Waals surface area contributed by atoms with Crippen LogP contribution in [0.25, 0.3) is 0 Å². The van der Waals surface area contributed by atoms with Gasteiger partial charge in [-0.2, -0.15) is 0 Å². The molecule has 10 atom stereocenters. The highest BCUT2D eigenvalue weighted by Crippen LogP contribution is 2.67. The Balaban J connectivity index is 1.27. The zero-order valence-electron chi connectivity index (χ0n) is 32.7. The quantitative estimate of drug-likeness (QED) is 0.0799. The number of carbonyl (C=O) groups excluding carboxylic acids is 1. The molecule has 3 saturated carbocycles. The minimum Gasteiger partial charge on any atom is -0.461 e. The summed E-state index contributed by atoms with van der Waals surface area (Å²) in [5.74, 6) is 4.68. The van der Waals surface area contributed by atoms with E-state index in [1.807, 2.05) is 0 Å². The van der Waals surface area contributed by atoms with Crippen molar-refractivity contribution >= 4 is 5.97 Å². The van der Waals surface area contributed by atoms with Crippen molar-refractivity contribution in [3.05, 3.63) is 23.8 Å². The molecule has 276 valence electrons. The molecule has 1 N–H and O–H groups in total. The summed E-state index contributed by atoms with van der Waals surface area (Å²) in [5.41, 5.74) is 1.64. The average molecular weight is 667 g/mol. The summed E-state index contributed by atoms with van der Waals surface area (Å²) >= 11 is 0. The Morgan fingerprint density at radius 2 is 1.50 bits per heavy atom. The van der Waals surface area contributed by atoms with E-state index >= 15 is 0 Å². The molecule has 0 amide bonds. The van der Waals surface area contributed by atoms with Gasteiger partial charge < -0.3 is 9.84 Å². The molecule has 0 saturated heterocycles. The molecule has 0 radical (unpaired) electrons. The number of hydrogen-bond acceptors (Lipinski definition) is 3. The molecule has 0 aromatic carbocycles. The number of aliphatic hydroxyl groups is 1. The summed E-state index contributed by atoms with van der Waals surface area (Å²) in [7, 11) is 0. The van der Waals surface area contributed by atoms with Crippen molar-refractivity contribution in [2.75, 3.05) is 0 Å². The number of fused-ring (bicyclic) bond motifs is 5. The van der Waals surface area contributed by atoms with Crippen molar-refractivity contribution in [1.82, 2.24) is 0 Å². The molecule has 48 heavy (non-hydrogen) atoms. The lowest BCUT2D eigenvalue weighted by molar-refractivity contribution is -0.169. The van der Waals surface area contributed by atoms with Crippen LogP contribution >= 0.6 is 0 Å². The molecule has 4 rings (SSSR count). The fourth-order valence-corrected chi connectivity index (χ4v) is 11.5. The van der Waals surface area contributed by atoms with Crippen LogP contribution in [0.2, 0.25) is 0 Å². The summed E-state index contributed by atoms with van der Waals surface area (Å²) in [6.45, 7) is 16.9. The van der Waals surface area contributed by atoms with Crippen molar-refractivity contribution in [1.29, 1.82) is 0 Å². The summed E-state index contributed by atoms with van der Waals surface area (Å²) in [6.07, 6.45) is 33.5. The van der Waals surface area contributed by atoms with Crippen molar-refractivity contribution in [2.24, 2.45) is 52.3 Å². The maximum absolute atomic E-state index is 13.3. The normalized spacial score (nSPS) is 34.4. The van der Waals surface area contributed by atoms with Gasteiger partial charge in [0.2, 0.25) is 0 Å². The van der Waals surface area contributed by atoms with Crippen LogP contribution in [-0.4, -0.2) is 23.3 Å². The predicted molar refractivity (Wildman–Crippen MR) is 204 cm³/mol. The van der Waals surface area contributed by atoms with Crippen LogP contribution in [0.15, 0.2) is 23.8 Å². The number of ether oxygens (including phenoxy) is 1. The summed E-state index contributed by atoms with van der Waals surface area (Å²) in [5, 5.41) is 10.9. The SMILES string of the molecule is CCCCCCCCCCCCCCCC(=O)OC1C[C@@H](O)CC2=CC[C@H]3[C@@H]4CC[C@H]([C@H](C)/C=C/[C@H](CC)C(C)C)[C@@]4(C)CC[C@@H]3[C@]21C. The highest BCUT2D eigenvalue weighted by molar-refractivity contribution is 5.69. The van der Waals surface area contributed by atoms with Crippen LogP contribution in [0.4, 0.5) is 0 Å². The molecule has 0 aromatic heterocycles. The molecule has 0 aromatic rings. The molecule has 4 aliphatic rings. The Morgan fingerprint density at radius 3 is 2.10 bits per heavy atom. The maximum atomic E-state index is 13.3. The number of aliphatic hydroxyl groups excluding tert-OH is 1. The minimum atomic E-state index is -0.398. The first kappa shape index (κ1) is 39.7. The number of allylic oxidation sites excluding steroid dienone is 3. The largest absolute Gasteiger partial charge is 0.461 e. The fraction of sp³-hybridized carbons (Fsp3) is 0.889. The van der Waals surface area contributed by atoms with Gasteiger partial charge in [0, 0.05) is 18.3 Å². The number of unbranched alkanes of at least 4 members (excludes halogenated alkanes) is 12. The van der Waals surface area contributed by atoms with Gasteiger partial charge in [-0.15, -0.1) is 0 Å². The number of carbonyl (C=O) groups is 1. The summed E-state index contributed by atoms with van der Waals surface area (Å²) in [6, 6.07) is 0. The van der Waals surface area contributed by atoms with Crippen LogP contribution in [-0.2, 0) is 9.53 Å². The van der Waals surface area contributed by atoms with Gasteiger partial charge in [0.25, 0.3) is 0 Å². The lowest BCUT2D eigenvalue weighted by Gasteiger charge is -2.60. The van der Waals surface area contributed by atoms with Crippen molar-refractivity contribution in [3.8, 4) is 0 Å². The second-order valence-electron chi connectivity index (χ2n) is 18.0. The Hall–Kier alpha value is -1.09. The Labute approximate surface area is 297 Å². The van der Waals surface area contributed by atoms with Gasteiger partial charge in [-0.25, -0.2) is 0 Å². The molecule has 3 nitrogen and oxygen atoms in total. The third-order valence-corrected chi connectivity index (χ3v) is 14.6. The first-order valence-electron chi connectivity index (χ1n) is 21.3. The van der Waals surface area contributed by atoms with Crippen molar-refractivity contribution < 1.29 is 14.6 Å². The number of esters is 1. The Morgan fingerprint density at radius 1 is 0.875 bits per heavy atom.